The van der Waals surface area contributed by atoms with Gasteiger partial charge in [-0.05, 0) is 31.9 Å². The van der Waals surface area contributed by atoms with Gasteiger partial charge in [0.2, 0.25) is 18.0 Å². The van der Waals surface area contributed by atoms with E-state index in [-0.39, 0.29) is 19.6 Å². The number of primary amides is 1. The molecule has 2 aromatic carbocycles. The van der Waals surface area contributed by atoms with Gasteiger partial charge in [-0.1, -0.05) is 49.2 Å². The summed E-state index contributed by atoms with van der Waals surface area (Å²) < 4.78 is 45.2. The van der Waals surface area contributed by atoms with Crippen LogP contribution in [0.3, 0.4) is 0 Å². The Kier molecular flexibility index (Phi) is 8.27. The SMILES string of the molecule is CCCC(C(N)=O)C(CCC(F)(F)F)C(=O)NC1N=C(c2cccc(C)c2)c2cccc3c2N(CCO3)C1=O. The van der Waals surface area contributed by atoms with Crippen LogP contribution in [0.5, 0.6) is 5.75 Å². The van der Waals surface area contributed by atoms with Gasteiger partial charge in [0.15, 0.2) is 0 Å². The summed E-state index contributed by atoms with van der Waals surface area (Å²) in [7, 11) is 0. The second-order valence-electron chi connectivity index (χ2n) is 9.81. The highest BCUT2D eigenvalue weighted by atomic mass is 19.4. The van der Waals surface area contributed by atoms with Gasteiger partial charge in [-0.3, -0.25) is 14.4 Å². The second-order valence-corrected chi connectivity index (χ2v) is 9.81. The van der Waals surface area contributed by atoms with Crippen LogP contribution in [0.4, 0.5) is 18.9 Å². The number of anilines is 1. The summed E-state index contributed by atoms with van der Waals surface area (Å²) in [5.74, 6) is -4.30. The molecule has 11 heteroatoms. The second kappa shape index (κ2) is 11.5. The molecular weight excluding hydrogens is 513 g/mol. The third-order valence-corrected chi connectivity index (χ3v) is 6.95. The lowest BCUT2D eigenvalue weighted by atomic mass is 9.83. The molecule has 3 amide bonds. The number of amides is 3. The van der Waals surface area contributed by atoms with Gasteiger partial charge in [0, 0.05) is 29.4 Å². The molecule has 0 spiro atoms. The van der Waals surface area contributed by atoms with E-state index in [1.807, 2.05) is 31.2 Å². The minimum absolute atomic E-state index is 0.139. The Morgan fingerprint density at radius 1 is 1.18 bits per heavy atom. The highest BCUT2D eigenvalue weighted by Crippen LogP contribution is 2.39. The topological polar surface area (TPSA) is 114 Å². The summed E-state index contributed by atoms with van der Waals surface area (Å²) in [4.78, 5) is 45.6. The maximum Gasteiger partial charge on any atom is 0.389 e. The first-order valence-electron chi connectivity index (χ1n) is 12.9. The number of benzene rings is 2. The fourth-order valence-corrected chi connectivity index (χ4v) is 5.13. The summed E-state index contributed by atoms with van der Waals surface area (Å²) in [5.41, 5.74) is 8.71. The fraction of sp³-hybridized carbons (Fsp3) is 0.429. The summed E-state index contributed by atoms with van der Waals surface area (Å²) in [6, 6.07) is 12.8. The van der Waals surface area contributed by atoms with Crippen LogP contribution < -0.4 is 20.7 Å². The Labute approximate surface area is 224 Å². The molecule has 208 valence electrons. The molecule has 2 aliphatic heterocycles. The number of aryl methyl sites for hydroxylation is 1. The number of nitrogens with two attached hydrogens (primary N) is 1. The predicted octanol–water partition coefficient (Wildman–Crippen LogP) is 3.87. The number of para-hydroxylation sites is 1. The number of carbonyl (C=O) groups is 3. The van der Waals surface area contributed by atoms with Gasteiger partial charge in [0.1, 0.15) is 12.4 Å². The number of carbonyl (C=O) groups excluding carboxylic acids is 3. The van der Waals surface area contributed by atoms with Gasteiger partial charge in [-0.25, -0.2) is 4.99 Å². The molecule has 0 bridgehead atoms. The van der Waals surface area contributed by atoms with Gasteiger partial charge in [-0.2, -0.15) is 13.2 Å². The van der Waals surface area contributed by atoms with E-state index >= 15 is 0 Å². The molecule has 0 aromatic heterocycles. The van der Waals surface area contributed by atoms with Crippen molar-refractivity contribution in [3.05, 3.63) is 59.2 Å². The zero-order valence-corrected chi connectivity index (χ0v) is 21.8. The van der Waals surface area contributed by atoms with Crippen LogP contribution in [0.25, 0.3) is 0 Å². The van der Waals surface area contributed by atoms with E-state index in [9.17, 15) is 27.6 Å². The number of aliphatic imine (C=N–C) groups is 1. The Hall–Kier alpha value is -3.89. The van der Waals surface area contributed by atoms with Gasteiger partial charge >= 0.3 is 6.18 Å². The third kappa shape index (κ3) is 6.23. The number of ether oxygens (including phenoxy) is 1. The number of nitrogens with zero attached hydrogens (tertiary/aromatic N) is 2. The van der Waals surface area contributed by atoms with Crippen LogP contribution in [0.15, 0.2) is 47.5 Å². The first kappa shape index (κ1) is 28.1. The van der Waals surface area contributed by atoms with E-state index < -0.39 is 54.7 Å². The number of hydrogen-bond donors (Lipinski definition) is 2. The fourth-order valence-electron chi connectivity index (χ4n) is 5.13. The molecule has 0 radical (unpaired) electrons. The van der Waals surface area contributed by atoms with Crippen LogP contribution in [-0.4, -0.2) is 48.9 Å². The van der Waals surface area contributed by atoms with Crippen LogP contribution in [-0.2, 0) is 14.4 Å². The Morgan fingerprint density at radius 2 is 1.92 bits per heavy atom. The molecule has 2 aliphatic rings. The number of rotatable bonds is 9. The molecule has 2 aromatic rings. The van der Waals surface area contributed by atoms with Crippen molar-refractivity contribution in [1.82, 2.24) is 5.32 Å². The van der Waals surface area contributed by atoms with Crippen molar-refractivity contribution in [3.63, 3.8) is 0 Å². The van der Waals surface area contributed by atoms with Gasteiger partial charge < -0.3 is 20.7 Å². The molecule has 3 atom stereocenters. The van der Waals surface area contributed by atoms with Crippen LogP contribution >= 0.6 is 0 Å². The Balaban J connectivity index is 1.76. The predicted molar refractivity (Wildman–Crippen MR) is 139 cm³/mol. The molecular formula is C28H31F3N4O4. The van der Waals surface area contributed by atoms with E-state index in [4.69, 9.17) is 10.5 Å². The molecule has 4 rings (SSSR count). The molecule has 0 saturated heterocycles. The number of nitrogens with one attached hydrogen (secondary N) is 1. The third-order valence-electron chi connectivity index (χ3n) is 6.95. The smallest absolute Gasteiger partial charge is 0.389 e. The van der Waals surface area contributed by atoms with E-state index in [2.05, 4.69) is 10.3 Å². The largest absolute Gasteiger partial charge is 0.490 e. The highest BCUT2D eigenvalue weighted by molar-refractivity contribution is 6.21. The average molecular weight is 545 g/mol. The molecule has 39 heavy (non-hydrogen) atoms. The maximum absolute atomic E-state index is 13.8. The van der Waals surface area contributed by atoms with Crippen molar-refractivity contribution >= 4 is 29.1 Å². The van der Waals surface area contributed by atoms with Crippen LogP contribution in [0.2, 0.25) is 0 Å². The quantitative estimate of drug-likeness (QED) is 0.499. The van der Waals surface area contributed by atoms with Crippen molar-refractivity contribution < 1.29 is 32.3 Å². The minimum Gasteiger partial charge on any atom is -0.490 e. The monoisotopic (exact) mass is 544 g/mol. The molecule has 0 saturated carbocycles. The van der Waals surface area contributed by atoms with Crippen molar-refractivity contribution in [2.45, 2.75) is 51.9 Å². The van der Waals surface area contributed by atoms with Gasteiger partial charge in [0.05, 0.1) is 17.9 Å². The first-order valence-corrected chi connectivity index (χ1v) is 12.9. The van der Waals surface area contributed by atoms with Crippen molar-refractivity contribution in [2.75, 3.05) is 18.1 Å². The molecule has 0 aliphatic carbocycles. The van der Waals surface area contributed by atoms with Crippen LogP contribution in [0.1, 0.15) is 49.3 Å². The zero-order valence-electron chi connectivity index (χ0n) is 21.8. The standard InChI is InChI=1S/C28H31F3N4O4/c1-3-6-18(24(32)36)19(11-12-28(29,30)31)26(37)34-25-27(38)35-13-14-39-21-10-5-9-20(23(21)35)22(33-25)17-8-4-7-16(2)15-17/h4-5,7-10,15,18-19,25H,3,6,11-14H2,1-2H3,(H2,32,36)(H,34,37). The van der Waals surface area contributed by atoms with E-state index in [1.54, 1.807) is 25.1 Å². The van der Waals surface area contributed by atoms with Gasteiger partial charge in [0.25, 0.3) is 5.91 Å². The first-order chi connectivity index (χ1) is 18.5. The molecule has 8 nitrogen and oxygen atoms in total. The lowest BCUT2D eigenvalue weighted by Gasteiger charge is -2.31. The highest BCUT2D eigenvalue weighted by Gasteiger charge is 2.40. The summed E-state index contributed by atoms with van der Waals surface area (Å²) in [6.45, 7) is 4.07. The average Bonchev–Trinajstić information content (AvgIpc) is 2.99. The number of halogens is 3. The lowest BCUT2D eigenvalue weighted by Crippen LogP contribution is -2.52. The zero-order chi connectivity index (χ0) is 28.3. The van der Waals surface area contributed by atoms with Gasteiger partial charge in [-0.15, -0.1) is 0 Å². The summed E-state index contributed by atoms with van der Waals surface area (Å²) in [5, 5.41) is 2.56. The molecule has 2 heterocycles. The molecule has 0 fully saturated rings. The van der Waals surface area contributed by atoms with Crippen molar-refractivity contribution in [3.8, 4) is 5.75 Å². The summed E-state index contributed by atoms with van der Waals surface area (Å²) in [6.07, 6.45) is -7.30. The number of hydrogen-bond acceptors (Lipinski definition) is 5. The lowest BCUT2D eigenvalue weighted by molar-refractivity contribution is -0.146. The van der Waals surface area contributed by atoms with Crippen molar-refractivity contribution in [2.24, 2.45) is 22.6 Å². The maximum atomic E-state index is 13.8. The molecule has 3 N–H and O–H groups in total. The molecule has 3 unspecified atom stereocenters. The minimum atomic E-state index is -4.53. The normalized spacial score (nSPS) is 18.3. The Morgan fingerprint density at radius 3 is 2.59 bits per heavy atom. The Bertz CT molecular complexity index is 1290. The van der Waals surface area contributed by atoms with E-state index in [0.29, 0.717) is 34.7 Å². The van der Waals surface area contributed by atoms with Crippen LogP contribution in [0, 0.1) is 18.8 Å². The number of alkyl halides is 3. The summed E-state index contributed by atoms with van der Waals surface area (Å²) >= 11 is 0. The van der Waals surface area contributed by atoms with E-state index in [1.165, 1.54) is 4.90 Å². The van der Waals surface area contributed by atoms with Crippen molar-refractivity contribution in [1.29, 1.82) is 0 Å². The van der Waals surface area contributed by atoms with E-state index in [0.717, 1.165) is 5.56 Å².